The minimum Gasteiger partial charge on any atom is -0.455 e. The third kappa shape index (κ3) is 3.39. The normalized spacial score (nSPS) is 14.5. The first-order chi connectivity index (χ1) is 11.7. The molecular formula is C19H18N2O3. The number of ether oxygens (including phenoxy) is 1. The summed E-state index contributed by atoms with van der Waals surface area (Å²) in [5.74, 6) is 0.556. The van der Waals surface area contributed by atoms with Crippen molar-refractivity contribution in [3.05, 3.63) is 59.7 Å². The molecule has 0 aromatic heterocycles. The number of benzene rings is 2. The van der Waals surface area contributed by atoms with Crippen LogP contribution in [0.2, 0.25) is 0 Å². The molecule has 24 heavy (non-hydrogen) atoms. The molecule has 1 aliphatic rings. The summed E-state index contributed by atoms with van der Waals surface area (Å²) >= 11 is 0. The van der Waals surface area contributed by atoms with E-state index in [0.29, 0.717) is 29.2 Å². The van der Waals surface area contributed by atoms with Gasteiger partial charge in [0.15, 0.2) is 0 Å². The lowest BCUT2D eigenvalue weighted by atomic mass is 10.1. The van der Waals surface area contributed by atoms with Crippen LogP contribution in [-0.4, -0.2) is 24.2 Å². The molecule has 1 aliphatic carbocycles. The number of carbonyl (C=O) groups excluding carboxylic acids is 1. The van der Waals surface area contributed by atoms with Gasteiger partial charge in [-0.25, -0.2) is 0 Å². The molecule has 0 unspecified atom stereocenters. The number of rotatable bonds is 6. The van der Waals surface area contributed by atoms with E-state index in [-0.39, 0.29) is 17.9 Å². The number of nitrogens with zero attached hydrogens (tertiary/aromatic N) is 1. The third-order valence-corrected chi connectivity index (χ3v) is 4.28. The van der Waals surface area contributed by atoms with Crippen LogP contribution >= 0.6 is 0 Å². The van der Waals surface area contributed by atoms with E-state index >= 15 is 0 Å². The Hall–Kier alpha value is -2.84. The molecule has 0 spiro atoms. The van der Waals surface area contributed by atoms with Crippen molar-refractivity contribution in [1.29, 1.82) is 5.26 Å². The zero-order valence-electron chi connectivity index (χ0n) is 13.2. The number of amides is 1. The second-order valence-corrected chi connectivity index (χ2v) is 6.05. The number of aliphatic hydroxyl groups excluding tert-OH is 1. The topological polar surface area (TPSA) is 82.3 Å². The Morgan fingerprint density at radius 3 is 2.50 bits per heavy atom. The Labute approximate surface area is 140 Å². The summed E-state index contributed by atoms with van der Waals surface area (Å²) in [6, 6.07) is 15.9. The molecule has 2 aromatic carbocycles. The van der Waals surface area contributed by atoms with Crippen molar-refractivity contribution in [1.82, 2.24) is 5.32 Å². The molecule has 0 radical (unpaired) electrons. The van der Waals surface area contributed by atoms with Crippen LogP contribution in [0.3, 0.4) is 0 Å². The zero-order valence-corrected chi connectivity index (χ0v) is 13.2. The Morgan fingerprint density at radius 2 is 1.83 bits per heavy atom. The molecule has 3 rings (SSSR count). The second kappa shape index (κ2) is 6.73. The summed E-state index contributed by atoms with van der Waals surface area (Å²) in [4.78, 5) is 12.5. The van der Waals surface area contributed by atoms with E-state index in [0.717, 1.165) is 12.8 Å². The maximum atomic E-state index is 12.5. The summed E-state index contributed by atoms with van der Waals surface area (Å²) < 4.78 is 5.79. The second-order valence-electron chi connectivity index (χ2n) is 6.05. The van der Waals surface area contributed by atoms with Crippen LogP contribution in [0, 0.1) is 16.7 Å². The predicted octanol–water partition coefficient (Wildman–Crippen LogP) is 2.85. The number of hydrogen-bond acceptors (Lipinski definition) is 4. The van der Waals surface area contributed by atoms with Gasteiger partial charge in [-0.2, -0.15) is 5.26 Å². The fourth-order valence-corrected chi connectivity index (χ4v) is 2.44. The van der Waals surface area contributed by atoms with Crippen molar-refractivity contribution in [3.63, 3.8) is 0 Å². The predicted molar refractivity (Wildman–Crippen MR) is 88.8 cm³/mol. The third-order valence-electron chi connectivity index (χ3n) is 4.28. The van der Waals surface area contributed by atoms with Gasteiger partial charge in [-0.15, -0.1) is 0 Å². The lowest BCUT2D eigenvalue weighted by Gasteiger charge is -2.15. The van der Waals surface area contributed by atoms with E-state index in [9.17, 15) is 9.90 Å². The maximum absolute atomic E-state index is 12.5. The van der Waals surface area contributed by atoms with E-state index in [1.165, 1.54) is 0 Å². The SMILES string of the molecule is N#Cc1ccccc1Oc1ccccc1C(=O)NCC1(CO)CC1. The van der Waals surface area contributed by atoms with Gasteiger partial charge in [-0.05, 0) is 37.1 Å². The highest BCUT2D eigenvalue weighted by atomic mass is 16.5. The van der Waals surface area contributed by atoms with E-state index in [1.807, 2.05) is 0 Å². The first-order valence-corrected chi connectivity index (χ1v) is 7.82. The number of carbonyl (C=O) groups is 1. The van der Waals surface area contributed by atoms with Gasteiger partial charge in [0.25, 0.3) is 5.91 Å². The van der Waals surface area contributed by atoms with Gasteiger partial charge >= 0.3 is 0 Å². The lowest BCUT2D eigenvalue weighted by Crippen LogP contribution is -2.32. The average Bonchev–Trinajstić information content (AvgIpc) is 3.41. The molecule has 1 saturated carbocycles. The molecule has 0 bridgehead atoms. The lowest BCUT2D eigenvalue weighted by molar-refractivity contribution is 0.0933. The molecule has 0 heterocycles. The molecule has 1 fully saturated rings. The number of para-hydroxylation sites is 2. The van der Waals surface area contributed by atoms with Crippen molar-refractivity contribution in [3.8, 4) is 17.6 Å². The van der Waals surface area contributed by atoms with Crippen LogP contribution in [0.5, 0.6) is 11.5 Å². The van der Waals surface area contributed by atoms with Gasteiger partial charge in [0.1, 0.15) is 17.6 Å². The van der Waals surface area contributed by atoms with Crippen LogP contribution in [0.1, 0.15) is 28.8 Å². The van der Waals surface area contributed by atoms with Crippen molar-refractivity contribution in [2.24, 2.45) is 5.41 Å². The number of hydrogen-bond donors (Lipinski definition) is 2. The quantitative estimate of drug-likeness (QED) is 0.857. The Morgan fingerprint density at radius 1 is 1.17 bits per heavy atom. The molecule has 2 N–H and O–H groups in total. The molecule has 5 heteroatoms. The molecular weight excluding hydrogens is 304 g/mol. The summed E-state index contributed by atoms with van der Waals surface area (Å²) in [7, 11) is 0. The van der Waals surface area contributed by atoms with E-state index in [2.05, 4.69) is 11.4 Å². The van der Waals surface area contributed by atoms with Crippen LogP contribution in [0.15, 0.2) is 48.5 Å². The molecule has 122 valence electrons. The Balaban J connectivity index is 1.78. The molecule has 0 saturated heterocycles. The molecule has 1 amide bonds. The number of aliphatic hydroxyl groups is 1. The van der Waals surface area contributed by atoms with Crippen LogP contribution < -0.4 is 10.1 Å². The highest BCUT2D eigenvalue weighted by molar-refractivity contribution is 5.97. The highest BCUT2D eigenvalue weighted by Gasteiger charge is 2.42. The minimum atomic E-state index is -0.250. The van der Waals surface area contributed by atoms with E-state index < -0.39 is 0 Å². The molecule has 0 aliphatic heterocycles. The maximum Gasteiger partial charge on any atom is 0.255 e. The van der Waals surface area contributed by atoms with Gasteiger partial charge in [0.2, 0.25) is 0 Å². The van der Waals surface area contributed by atoms with Crippen LogP contribution in [0.4, 0.5) is 0 Å². The first kappa shape index (κ1) is 16.0. The summed E-state index contributed by atoms with van der Waals surface area (Å²) in [6.07, 6.45) is 1.86. The van der Waals surface area contributed by atoms with Gasteiger partial charge < -0.3 is 15.2 Å². The monoisotopic (exact) mass is 322 g/mol. The molecule has 5 nitrogen and oxygen atoms in total. The van der Waals surface area contributed by atoms with E-state index in [4.69, 9.17) is 10.00 Å². The fraction of sp³-hybridized carbons (Fsp3) is 0.263. The highest BCUT2D eigenvalue weighted by Crippen LogP contribution is 2.44. The fourth-order valence-electron chi connectivity index (χ4n) is 2.44. The van der Waals surface area contributed by atoms with Crippen LogP contribution in [0.25, 0.3) is 0 Å². The zero-order chi connectivity index (χ0) is 17.0. The molecule has 0 atom stereocenters. The average molecular weight is 322 g/mol. The number of nitrogens with one attached hydrogen (secondary N) is 1. The van der Waals surface area contributed by atoms with Crippen molar-refractivity contribution < 1.29 is 14.6 Å². The van der Waals surface area contributed by atoms with Crippen molar-refractivity contribution in [2.75, 3.05) is 13.2 Å². The van der Waals surface area contributed by atoms with E-state index in [1.54, 1.807) is 48.5 Å². The van der Waals surface area contributed by atoms with Gasteiger partial charge in [0, 0.05) is 12.0 Å². The summed E-state index contributed by atoms with van der Waals surface area (Å²) in [5, 5.41) is 21.4. The van der Waals surface area contributed by atoms with Crippen LogP contribution in [-0.2, 0) is 0 Å². The standard InChI is InChI=1S/C19H18N2O3/c20-11-14-5-1-3-7-16(14)24-17-8-4-2-6-15(17)18(23)21-12-19(13-22)9-10-19/h1-8,22H,9-10,12-13H2,(H,21,23). The van der Waals surface area contributed by atoms with Gasteiger partial charge in [0.05, 0.1) is 17.7 Å². The molecule has 2 aromatic rings. The summed E-state index contributed by atoms with van der Waals surface area (Å²) in [5.41, 5.74) is 0.655. The minimum absolute atomic E-state index is 0.0843. The smallest absolute Gasteiger partial charge is 0.255 e. The Bertz CT molecular complexity index is 791. The Kier molecular flexibility index (Phi) is 4.50. The largest absolute Gasteiger partial charge is 0.455 e. The van der Waals surface area contributed by atoms with Crippen molar-refractivity contribution >= 4 is 5.91 Å². The van der Waals surface area contributed by atoms with Crippen molar-refractivity contribution in [2.45, 2.75) is 12.8 Å². The first-order valence-electron chi connectivity index (χ1n) is 7.82. The van der Waals surface area contributed by atoms with Gasteiger partial charge in [-0.3, -0.25) is 4.79 Å². The van der Waals surface area contributed by atoms with Gasteiger partial charge in [-0.1, -0.05) is 24.3 Å². The summed E-state index contributed by atoms with van der Waals surface area (Å²) in [6.45, 7) is 0.534. The number of nitriles is 1.